The van der Waals surface area contributed by atoms with E-state index < -0.39 is 0 Å². The summed E-state index contributed by atoms with van der Waals surface area (Å²) in [6, 6.07) is 15.4. The Labute approximate surface area is 119 Å². The highest BCUT2D eigenvalue weighted by Gasteiger charge is 2.11. The lowest BCUT2D eigenvalue weighted by Crippen LogP contribution is -1.95. The molecule has 0 heterocycles. The second-order valence-corrected chi connectivity index (χ2v) is 5.27. The van der Waals surface area contributed by atoms with Crippen molar-refractivity contribution in [3.8, 4) is 11.1 Å². The van der Waals surface area contributed by atoms with Gasteiger partial charge in [0.1, 0.15) is 5.82 Å². The Bertz CT molecular complexity index is 678. The minimum absolute atomic E-state index is 0.134. The van der Waals surface area contributed by atoms with Gasteiger partial charge in [0.15, 0.2) is 0 Å². The molecule has 0 aliphatic heterocycles. The SMILES string of the molecule is CC1=CC=C(c2ccc(-c3ccccc3)cc2F)CC1. The van der Waals surface area contributed by atoms with Gasteiger partial charge in [-0.3, -0.25) is 0 Å². The molecule has 1 aliphatic rings. The summed E-state index contributed by atoms with van der Waals surface area (Å²) >= 11 is 0. The topological polar surface area (TPSA) is 0 Å². The Morgan fingerprint density at radius 1 is 0.850 bits per heavy atom. The molecule has 0 amide bonds. The van der Waals surface area contributed by atoms with E-state index in [2.05, 4.69) is 13.0 Å². The fourth-order valence-electron chi connectivity index (χ4n) is 2.55. The summed E-state index contributed by atoms with van der Waals surface area (Å²) in [6.45, 7) is 2.11. The first-order valence-electron chi connectivity index (χ1n) is 6.96. The quantitative estimate of drug-likeness (QED) is 0.660. The van der Waals surface area contributed by atoms with Gasteiger partial charge in [-0.1, -0.05) is 60.2 Å². The van der Waals surface area contributed by atoms with Crippen molar-refractivity contribution in [1.82, 2.24) is 0 Å². The standard InChI is InChI=1S/C19H17F/c1-14-7-9-16(10-8-14)18-12-11-17(13-19(18)20)15-5-3-2-4-6-15/h2-7,9,11-13H,8,10H2,1H3. The molecule has 0 nitrogen and oxygen atoms in total. The van der Waals surface area contributed by atoms with E-state index in [1.54, 1.807) is 6.07 Å². The van der Waals surface area contributed by atoms with Gasteiger partial charge < -0.3 is 0 Å². The largest absolute Gasteiger partial charge is 0.206 e. The van der Waals surface area contributed by atoms with E-state index >= 15 is 0 Å². The zero-order valence-electron chi connectivity index (χ0n) is 11.6. The number of rotatable bonds is 2. The number of benzene rings is 2. The zero-order chi connectivity index (χ0) is 13.9. The number of halogens is 1. The van der Waals surface area contributed by atoms with Gasteiger partial charge in [-0.15, -0.1) is 0 Å². The number of hydrogen-bond donors (Lipinski definition) is 0. The fraction of sp³-hybridized carbons (Fsp3) is 0.158. The van der Waals surface area contributed by atoms with E-state index in [9.17, 15) is 4.39 Å². The molecule has 2 aromatic rings. The minimum atomic E-state index is -0.134. The van der Waals surface area contributed by atoms with Crippen molar-refractivity contribution in [2.24, 2.45) is 0 Å². The van der Waals surface area contributed by atoms with Gasteiger partial charge in [-0.05, 0) is 42.5 Å². The van der Waals surface area contributed by atoms with Gasteiger partial charge in [-0.2, -0.15) is 0 Å². The molecule has 2 aromatic carbocycles. The highest BCUT2D eigenvalue weighted by molar-refractivity contribution is 5.72. The summed E-state index contributed by atoms with van der Waals surface area (Å²) in [4.78, 5) is 0. The average Bonchev–Trinajstić information content (AvgIpc) is 2.49. The van der Waals surface area contributed by atoms with E-state index in [0.29, 0.717) is 0 Å². The van der Waals surface area contributed by atoms with Crippen molar-refractivity contribution in [2.75, 3.05) is 0 Å². The van der Waals surface area contributed by atoms with Crippen LogP contribution >= 0.6 is 0 Å². The number of hydrogen-bond acceptors (Lipinski definition) is 0. The highest BCUT2D eigenvalue weighted by Crippen LogP contribution is 2.30. The van der Waals surface area contributed by atoms with E-state index in [1.165, 1.54) is 5.57 Å². The molecule has 0 spiro atoms. The molecular formula is C19H17F. The molecule has 100 valence electrons. The predicted octanol–water partition coefficient (Wildman–Crippen LogP) is 5.62. The third kappa shape index (κ3) is 2.57. The maximum absolute atomic E-state index is 14.4. The van der Waals surface area contributed by atoms with Crippen LogP contribution in [0.15, 0.2) is 66.3 Å². The normalized spacial score (nSPS) is 14.7. The van der Waals surface area contributed by atoms with Crippen molar-refractivity contribution in [1.29, 1.82) is 0 Å². The minimum Gasteiger partial charge on any atom is -0.206 e. The van der Waals surface area contributed by atoms with Gasteiger partial charge in [-0.25, -0.2) is 4.39 Å². The molecule has 1 aliphatic carbocycles. The molecule has 1 heteroatoms. The van der Waals surface area contributed by atoms with Gasteiger partial charge in [0.05, 0.1) is 0 Å². The van der Waals surface area contributed by atoms with Crippen molar-refractivity contribution >= 4 is 5.57 Å². The summed E-state index contributed by atoms with van der Waals surface area (Å²) < 4.78 is 14.4. The van der Waals surface area contributed by atoms with Gasteiger partial charge in [0, 0.05) is 5.56 Å². The molecule has 0 bridgehead atoms. The fourth-order valence-corrected chi connectivity index (χ4v) is 2.55. The molecule has 0 saturated carbocycles. The van der Waals surface area contributed by atoms with Crippen LogP contribution in [0.1, 0.15) is 25.3 Å². The van der Waals surface area contributed by atoms with Crippen molar-refractivity contribution in [3.05, 3.63) is 77.6 Å². The Balaban J connectivity index is 1.97. The molecule has 0 N–H and O–H groups in total. The van der Waals surface area contributed by atoms with E-state index in [1.807, 2.05) is 48.5 Å². The summed E-state index contributed by atoms with van der Waals surface area (Å²) in [5, 5.41) is 0. The molecule has 20 heavy (non-hydrogen) atoms. The lowest BCUT2D eigenvalue weighted by molar-refractivity contribution is 0.623. The van der Waals surface area contributed by atoms with Crippen LogP contribution in [0.2, 0.25) is 0 Å². The summed E-state index contributed by atoms with van der Waals surface area (Å²) in [6.07, 6.45) is 6.07. The lowest BCUT2D eigenvalue weighted by Gasteiger charge is -2.14. The molecule has 0 unspecified atom stereocenters. The van der Waals surface area contributed by atoms with Crippen LogP contribution in [0.5, 0.6) is 0 Å². The van der Waals surface area contributed by atoms with Gasteiger partial charge in [0.25, 0.3) is 0 Å². The second-order valence-electron chi connectivity index (χ2n) is 5.27. The highest BCUT2D eigenvalue weighted by atomic mass is 19.1. The van der Waals surface area contributed by atoms with Crippen LogP contribution in [-0.4, -0.2) is 0 Å². The Morgan fingerprint density at radius 2 is 1.65 bits per heavy atom. The van der Waals surface area contributed by atoms with Gasteiger partial charge in [0.2, 0.25) is 0 Å². The summed E-state index contributed by atoms with van der Waals surface area (Å²) in [7, 11) is 0. The van der Waals surface area contributed by atoms with Crippen LogP contribution in [-0.2, 0) is 0 Å². The zero-order valence-corrected chi connectivity index (χ0v) is 11.6. The van der Waals surface area contributed by atoms with Gasteiger partial charge >= 0.3 is 0 Å². The number of allylic oxidation sites excluding steroid dienone is 4. The van der Waals surface area contributed by atoms with Crippen LogP contribution < -0.4 is 0 Å². The van der Waals surface area contributed by atoms with E-state index in [-0.39, 0.29) is 5.82 Å². The Morgan fingerprint density at radius 3 is 2.30 bits per heavy atom. The maximum atomic E-state index is 14.4. The van der Waals surface area contributed by atoms with Crippen LogP contribution in [0.25, 0.3) is 16.7 Å². The molecule has 0 aromatic heterocycles. The van der Waals surface area contributed by atoms with Crippen molar-refractivity contribution in [3.63, 3.8) is 0 Å². The molecule has 0 atom stereocenters. The van der Waals surface area contributed by atoms with Crippen LogP contribution in [0, 0.1) is 5.82 Å². The van der Waals surface area contributed by atoms with Crippen molar-refractivity contribution < 1.29 is 4.39 Å². The third-order valence-electron chi connectivity index (χ3n) is 3.78. The first kappa shape index (κ1) is 12.9. The Hall–Kier alpha value is -2.15. The molecule has 0 radical (unpaired) electrons. The molecule has 0 fully saturated rings. The second kappa shape index (κ2) is 5.46. The first-order valence-corrected chi connectivity index (χ1v) is 6.96. The first-order chi connectivity index (χ1) is 9.74. The van der Waals surface area contributed by atoms with Crippen LogP contribution in [0.3, 0.4) is 0 Å². The molecule has 0 saturated heterocycles. The Kier molecular flexibility index (Phi) is 3.51. The smallest absolute Gasteiger partial charge is 0.131 e. The monoisotopic (exact) mass is 264 g/mol. The summed E-state index contributed by atoms with van der Waals surface area (Å²) in [5.41, 5.74) is 5.15. The molecular weight excluding hydrogens is 247 g/mol. The van der Waals surface area contributed by atoms with Crippen molar-refractivity contribution in [2.45, 2.75) is 19.8 Å². The summed E-state index contributed by atoms with van der Waals surface area (Å²) in [5.74, 6) is -0.134. The average molecular weight is 264 g/mol. The predicted molar refractivity (Wildman–Crippen MR) is 82.8 cm³/mol. The van der Waals surface area contributed by atoms with E-state index in [0.717, 1.165) is 35.1 Å². The molecule has 3 rings (SSSR count). The van der Waals surface area contributed by atoms with E-state index in [4.69, 9.17) is 0 Å². The lowest BCUT2D eigenvalue weighted by atomic mass is 9.92. The third-order valence-corrected chi connectivity index (χ3v) is 3.78. The van der Waals surface area contributed by atoms with Crippen LogP contribution in [0.4, 0.5) is 4.39 Å². The maximum Gasteiger partial charge on any atom is 0.131 e.